The summed E-state index contributed by atoms with van der Waals surface area (Å²) >= 11 is 1.55. The van der Waals surface area contributed by atoms with Crippen LogP contribution in [0.2, 0.25) is 0 Å². The molecule has 0 spiro atoms. The van der Waals surface area contributed by atoms with E-state index in [0.29, 0.717) is 12.5 Å². The van der Waals surface area contributed by atoms with Crippen LogP contribution in [-0.4, -0.2) is 16.9 Å². The number of hydrogen-bond acceptors (Lipinski definition) is 3. The van der Waals surface area contributed by atoms with Crippen molar-refractivity contribution in [2.75, 3.05) is 0 Å². The molecule has 3 rings (SSSR count). The van der Waals surface area contributed by atoms with Gasteiger partial charge in [0.05, 0.1) is 17.1 Å². The van der Waals surface area contributed by atoms with Crippen molar-refractivity contribution >= 4 is 17.2 Å². The van der Waals surface area contributed by atoms with Gasteiger partial charge in [-0.25, -0.2) is 9.37 Å². The molecule has 1 aromatic carbocycles. The van der Waals surface area contributed by atoms with Crippen LogP contribution < -0.4 is 5.32 Å². The highest BCUT2D eigenvalue weighted by atomic mass is 32.1. The van der Waals surface area contributed by atoms with E-state index in [1.165, 1.54) is 44.2 Å². The lowest BCUT2D eigenvalue weighted by Crippen LogP contribution is -2.36. The molecule has 1 aliphatic carbocycles. The van der Waals surface area contributed by atoms with Crippen LogP contribution in [0.25, 0.3) is 11.3 Å². The van der Waals surface area contributed by atoms with E-state index in [0.717, 1.165) is 34.0 Å². The summed E-state index contributed by atoms with van der Waals surface area (Å²) in [6, 6.07) is 6.61. The van der Waals surface area contributed by atoms with Gasteiger partial charge in [0.15, 0.2) is 0 Å². The van der Waals surface area contributed by atoms with Gasteiger partial charge in [-0.2, -0.15) is 0 Å². The average Bonchev–Trinajstić information content (AvgIpc) is 2.91. The number of aryl methyl sites for hydroxylation is 1. The summed E-state index contributed by atoms with van der Waals surface area (Å²) in [5.74, 6) is -0.197. The SMILES string of the molecule is Cc1nc(-c2ccc(F)cc2)c(CC(=O)NC2CCCCCCC2)s1. The molecule has 2 aromatic rings. The van der Waals surface area contributed by atoms with Gasteiger partial charge < -0.3 is 5.32 Å². The number of rotatable bonds is 4. The number of carbonyl (C=O) groups is 1. The lowest BCUT2D eigenvalue weighted by Gasteiger charge is -2.21. The van der Waals surface area contributed by atoms with Crippen LogP contribution in [0.4, 0.5) is 4.39 Å². The number of nitrogens with one attached hydrogen (secondary N) is 1. The maximum Gasteiger partial charge on any atom is 0.225 e. The first-order chi connectivity index (χ1) is 12.1. The van der Waals surface area contributed by atoms with Crippen LogP contribution in [0, 0.1) is 12.7 Å². The fourth-order valence-electron chi connectivity index (χ4n) is 3.45. The first-order valence-corrected chi connectivity index (χ1v) is 9.95. The summed E-state index contributed by atoms with van der Waals surface area (Å²) in [5, 5.41) is 4.14. The van der Waals surface area contributed by atoms with Crippen LogP contribution in [-0.2, 0) is 11.2 Å². The first-order valence-electron chi connectivity index (χ1n) is 9.13. The summed E-state index contributed by atoms with van der Waals surface area (Å²) < 4.78 is 13.2. The second-order valence-corrected chi connectivity index (χ2v) is 8.09. The summed E-state index contributed by atoms with van der Waals surface area (Å²) in [5.41, 5.74) is 1.66. The first kappa shape index (κ1) is 18.1. The van der Waals surface area contributed by atoms with E-state index in [-0.39, 0.29) is 11.7 Å². The van der Waals surface area contributed by atoms with E-state index in [1.807, 2.05) is 6.92 Å². The average molecular weight is 360 g/mol. The normalized spacial score (nSPS) is 16.2. The summed E-state index contributed by atoms with van der Waals surface area (Å²) in [4.78, 5) is 18.0. The zero-order valence-electron chi connectivity index (χ0n) is 14.7. The molecule has 1 fully saturated rings. The zero-order chi connectivity index (χ0) is 17.6. The molecule has 1 aliphatic rings. The highest BCUT2D eigenvalue weighted by Crippen LogP contribution is 2.29. The maximum absolute atomic E-state index is 13.2. The second kappa shape index (κ2) is 8.56. The van der Waals surface area contributed by atoms with E-state index in [9.17, 15) is 9.18 Å². The Morgan fingerprint density at radius 3 is 2.48 bits per heavy atom. The van der Waals surface area contributed by atoms with E-state index in [4.69, 9.17) is 0 Å². The monoisotopic (exact) mass is 360 g/mol. The number of carbonyl (C=O) groups excluding carboxylic acids is 1. The minimum atomic E-state index is -0.265. The van der Waals surface area contributed by atoms with E-state index < -0.39 is 0 Å². The van der Waals surface area contributed by atoms with Gasteiger partial charge in [0.2, 0.25) is 5.91 Å². The molecule has 0 bridgehead atoms. The van der Waals surface area contributed by atoms with Crippen LogP contribution in [0.15, 0.2) is 24.3 Å². The molecular weight excluding hydrogens is 335 g/mol. The smallest absolute Gasteiger partial charge is 0.225 e. The molecule has 0 unspecified atom stereocenters. The predicted octanol–water partition coefficient (Wildman–Crippen LogP) is 5.03. The van der Waals surface area contributed by atoms with E-state index in [1.54, 1.807) is 23.5 Å². The van der Waals surface area contributed by atoms with Crippen molar-refractivity contribution in [1.82, 2.24) is 10.3 Å². The molecule has 0 atom stereocenters. The molecule has 0 saturated heterocycles. The Labute approximate surface area is 152 Å². The van der Waals surface area contributed by atoms with Crippen molar-refractivity contribution in [3.63, 3.8) is 0 Å². The minimum Gasteiger partial charge on any atom is -0.353 e. The van der Waals surface area contributed by atoms with Crippen LogP contribution in [0.1, 0.15) is 54.8 Å². The molecule has 134 valence electrons. The van der Waals surface area contributed by atoms with Crippen molar-refractivity contribution in [2.24, 2.45) is 0 Å². The predicted molar refractivity (Wildman–Crippen MR) is 100 cm³/mol. The van der Waals surface area contributed by atoms with E-state index in [2.05, 4.69) is 10.3 Å². The number of hydrogen-bond donors (Lipinski definition) is 1. The molecule has 0 radical (unpaired) electrons. The highest BCUT2D eigenvalue weighted by Gasteiger charge is 2.18. The number of thiazole rings is 1. The Morgan fingerprint density at radius 2 is 1.80 bits per heavy atom. The second-order valence-electron chi connectivity index (χ2n) is 6.80. The summed E-state index contributed by atoms with van der Waals surface area (Å²) in [7, 11) is 0. The van der Waals surface area contributed by atoms with Gasteiger partial charge in [0.25, 0.3) is 0 Å². The Balaban J connectivity index is 1.67. The summed E-state index contributed by atoms with van der Waals surface area (Å²) in [6.07, 6.45) is 8.77. The molecule has 3 nitrogen and oxygen atoms in total. The fourth-order valence-corrected chi connectivity index (χ4v) is 4.40. The van der Waals surface area contributed by atoms with Crippen molar-refractivity contribution in [3.8, 4) is 11.3 Å². The third-order valence-corrected chi connectivity index (χ3v) is 5.68. The largest absolute Gasteiger partial charge is 0.353 e. The lowest BCUT2D eigenvalue weighted by molar-refractivity contribution is -0.121. The Hall–Kier alpha value is -1.75. The Bertz CT molecular complexity index is 703. The van der Waals surface area contributed by atoms with Gasteiger partial charge in [-0.1, -0.05) is 32.1 Å². The molecule has 5 heteroatoms. The van der Waals surface area contributed by atoms with Gasteiger partial charge in [0.1, 0.15) is 5.82 Å². The molecule has 0 aliphatic heterocycles. The number of nitrogens with zero attached hydrogens (tertiary/aromatic N) is 1. The molecule has 1 saturated carbocycles. The number of amides is 1. The fraction of sp³-hybridized carbons (Fsp3) is 0.500. The number of benzene rings is 1. The number of aromatic nitrogens is 1. The molecule has 1 aromatic heterocycles. The molecule has 25 heavy (non-hydrogen) atoms. The van der Waals surface area contributed by atoms with Crippen LogP contribution in [0.3, 0.4) is 0 Å². The summed E-state index contributed by atoms with van der Waals surface area (Å²) in [6.45, 7) is 1.94. The molecule has 1 heterocycles. The highest BCUT2D eigenvalue weighted by molar-refractivity contribution is 7.12. The van der Waals surface area contributed by atoms with Gasteiger partial charge in [-0.15, -0.1) is 11.3 Å². The van der Waals surface area contributed by atoms with Crippen LogP contribution >= 0.6 is 11.3 Å². The Morgan fingerprint density at radius 1 is 1.16 bits per heavy atom. The third kappa shape index (κ3) is 5.11. The maximum atomic E-state index is 13.2. The molecule has 1 amide bonds. The third-order valence-electron chi connectivity index (χ3n) is 4.71. The van der Waals surface area contributed by atoms with Gasteiger partial charge in [-0.05, 0) is 44.0 Å². The molecular formula is C20H25FN2OS. The van der Waals surface area contributed by atoms with Crippen molar-refractivity contribution in [2.45, 2.75) is 64.3 Å². The van der Waals surface area contributed by atoms with Gasteiger partial charge >= 0.3 is 0 Å². The quantitative estimate of drug-likeness (QED) is 0.831. The standard InChI is InChI=1S/C20H25FN2OS/c1-14-22-20(15-9-11-16(21)12-10-15)18(25-14)13-19(24)23-17-7-5-3-2-4-6-8-17/h9-12,17H,2-8,13H2,1H3,(H,23,24). The Kier molecular flexibility index (Phi) is 6.19. The van der Waals surface area contributed by atoms with Crippen molar-refractivity contribution in [3.05, 3.63) is 40.0 Å². The van der Waals surface area contributed by atoms with Crippen molar-refractivity contribution in [1.29, 1.82) is 0 Å². The topological polar surface area (TPSA) is 42.0 Å². The zero-order valence-corrected chi connectivity index (χ0v) is 15.5. The lowest BCUT2D eigenvalue weighted by atomic mass is 9.96. The van der Waals surface area contributed by atoms with Gasteiger partial charge in [0, 0.05) is 16.5 Å². The number of halogens is 1. The minimum absolute atomic E-state index is 0.0672. The van der Waals surface area contributed by atoms with Gasteiger partial charge in [-0.3, -0.25) is 4.79 Å². The van der Waals surface area contributed by atoms with Crippen LogP contribution in [0.5, 0.6) is 0 Å². The molecule has 1 N–H and O–H groups in total. The van der Waals surface area contributed by atoms with Crippen molar-refractivity contribution < 1.29 is 9.18 Å². The van der Waals surface area contributed by atoms with E-state index >= 15 is 0 Å².